The zero-order valence-corrected chi connectivity index (χ0v) is 8.05. The van der Waals surface area contributed by atoms with Gasteiger partial charge in [0.15, 0.2) is 5.51 Å². The minimum atomic E-state index is 1.02. The van der Waals surface area contributed by atoms with Gasteiger partial charge >= 0.3 is 0 Å². The van der Waals surface area contributed by atoms with E-state index in [0.29, 0.717) is 0 Å². The minimum absolute atomic E-state index is 1.02. The Balaban J connectivity index is 1.94. The van der Waals surface area contributed by atoms with E-state index in [1.807, 2.05) is 6.07 Å². The summed E-state index contributed by atoms with van der Waals surface area (Å²) in [5, 5.41) is 2.06. The molecule has 13 heavy (non-hydrogen) atoms. The van der Waals surface area contributed by atoms with Crippen LogP contribution < -0.4 is 0 Å². The lowest BCUT2D eigenvalue weighted by atomic mass is 10.1. The number of benzene rings is 1. The third kappa shape index (κ3) is 2.39. The second-order valence-corrected chi connectivity index (χ2v) is 3.57. The molecule has 1 nitrogen and oxygen atoms in total. The molecule has 0 aliphatic carbocycles. The largest absolute Gasteiger partial charge is 0.239 e. The number of thiazole rings is 1. The van der Waals surface area contributed by atoms with Crippen molar-refractivity contribution in [2.45, 2.75) is 12.8 Å². The third-order valence-electron chi connectivity index (χ3n) is 1.95. The number of aryl methyl sites for hydroxylation is 2. The van der Waals surface area contributed by atoms with Crippen molar-refractivity contribution in [1.82, 2.24) is 4.98 Å². The molecule has 1 heterocycles. The van der Waals surface area contributed by atoms with Crippen molar-refractivity contribution in [3.8, 4) is 0 Å². The molecule has 65 valence electrons. The molecule has 0 saturated heterocycles. The molecule has 0 unspecified atom stereocenters. The molecule has 0 fully saturated rings. The lowest BCUT2D eigenvalue weighted by Crippen LogP contribution is -1.90. The Labute approximate surface area is 82.1 Å². The van der Waals surface area contributed by atoms with Gasteiger partial charge in [-0.1, -0.05) is 30.3 Å². The molecular weight excluding hydrogens is 178 g/mol. The van der Waals surface area contributed by atoms with Crippen LogP contribution in [0.15, 0.2) is 35.7 Å². The van der Waals surface area contributed by atoms with Gasteiger partial charge in [0.05, 0.1) is 5.69 Å². The fourth-order valence-electron chi connectivity index (χ4n) is 1.24. The summed E-state index contributed by atoms with van der Waals surface area (Å²) < 4.78 is 0. The van der Waals surface area contributed by atoms with Crippen molar-refractivity contribution >= 4 is 11.3 Å². The van der Waals surface area contributed by atoms with Crippen LogP contribution in [0, 0.1) is 5.51 Å². The lowest BCUT2D eigenvalue weighted by molar-refractivity contribution is 0.925. The van der Waals surface area contributed by atoms with Crippen LogP contribution in [0.3, 0.4) is 0 Å². The highest BCUT2D eigenvalue weighted by Gasteiger charge is 1.96. The van der Waals surface area contributed by atoms with E-state index in [1.165, 1.54) is 16.9 Å². The zero-order valence-electron chi connectivity index (χ0n) is 7.23. The summed E-state index contributed by atoms with van der Waals surface area (Å²) in [5.74, 6) is 0. The van der Waals surface area contributed by atoms with Gasteiger partial charge in [-0.3, -0.25) is 0 Å². The van der Waals surface area contributed by atoms with Crippen molar-refractivity contribution in [1.29, 1.82) is 0 Å². The molecule has 0 spiro atoms. The second kappa shape index (κ2) is 4.19. The van der Waals surface area contributed by atoms with Crippen LogP contribution in [0.2, 0.25) is 0 Å². The molecule has 0 atom stereocenters. The van der Waals surface area contributed by atoms with Crippen molar-refractivity contribution < 1.29 is 0 Å². The normalized spacial score (nSPS) is 10.2. The highest BCUT2D eigenvalue weighted by Crippen LogP contribution is 2.06. The number of nitrogens with zero attached hydrogens (tertiary/aromatic N) is 1. The van der Waals surface area contributed by atoms with Crippen LogP contribution in [0.4, 0.5) is 0 Å². The Kier molecular flexibility index (Phi) is 2.72. The van der Waals surface area contributed by atoms with Gasteiger partial charge in [0, 0.05) is 5.38 Å². The Morgan fingerprint density at radius 1 is 1.15 bits per heavy atom. The van der Waals surface area contributed by atoms with E-state index in [4.69, 9.17) is 0 Å². The SMILES string of the molecule is [c]1nc(CCc2ccccc2)cs1. The van der Waals surface area contributed by atoms with Gasteiger partial charge in [0.2, 0.25) is 0 Å². The highest BCUT2D eigenvalue weighted by molar-refractivity contribution is 7.07. The molecule has 2 rings (SSSR count). The van der Waals surface area contributed by atoms with Crippen molar-refractivity contribution in [2.24, 2.45) is 0 Å². The molecule has 2 aromatic rings. The van der Waals surface area contributed by atoms with Gasteiger partial charge in [0.1, 0.15) is 0 Å². The maximum atomic E-state index is 4.12. The number of hydrogen-bond acceptors (Lipinski definition) is 2. The quantitative estimate of drug-likeness (QED) is 0.721. The Morgan fingerprint density at radius 3 is 2.69 bits per heavy atom. The average molecular weight is 188 g/mol. The molecule has 0 aliphatic heterocycles. The van der Waals surface area contributed by atoms with E-state index in [1.54, 1.807) is 0 Å². The fourth-order valence-corrected chi connectivity index (χ4v) is 1.77. The molecule has 2 heteroatoms. The van der Waals surface area contributed by atoms with E-state index in [0.717, 1.165) is 18.5 Å². The topological polar surface area (TPSA) is 12.9 Å². The van der Waals surface area contributed by atoms with Crippen molar-refractivity contribution in [3.63, 3.8) is 0 Å². The number of aromatic nitrogens is 1. The molecule has 0 bridgehead atoms. The molecule has 1 aromatic heterocycles. The van der Waals surface area contributed by atoms with Crippen LogP contribution in [0.1, 0.15) is 11.3 Å². The first-order valence-corrected chi connectivity index (χ1v) is 5.17. The van der Waals surface area contributed by atoms with E-state index in [2.05, 4.69) is 40.1 Å². The van der Waals surface area contributed by atoms with Crippen molar-refractivity contribution in [3.05, 3.63) is 52.5 Å². The first-order valence-electron chi connectivity index (χ1n) is 4.29. The van der Waals surface area contributed by atoms with Gasteiger partial charge in [-0.15, -0.1) is 11.3 Å². The van der Waals surface area contributed by atoms with Crippen LogP contribution in [-0.4, -0.2) is 4.98 Å². The summed E-state index contributed by atoms with van der Waals surface area (Å²) in [6.07, 6.45) is 2.09. The molecule has 0 saturated carbocycles. The fraction of sp³-hybridized carbons (Fsp3) is 0.182. The third-order valence-corrected chi connectivity index (χ3v) is 2.54. The number of rotatable bonds is 3. The summed E-state index contributed by atoms with van der Waals surface area (Å²) in [4.78, 5) is 4.12. The van der Waals surface area contributed by atoms with E-state index >= 15 is 0 Å². The van der Waals surface area contributed by atoms with Crippen molar-refractivity contribution in [2.75, 3.05) is 0 Å². The molecule has 0 N–H and O–H groups in total. The smallest absolute Gasteiger partial charge is 0.152 e. The minimum Gasteiger partial charge on any atom is -0.239 e. The highest BCUT2D eigenvalue weighted by atomic mass is 32.1. The summed E-state index contributed by atoms with van der Waals surface area (Å²) >= 11 is 1.54. The predicted octanol–water partition coefficient (Wildman–Crippen LogP) is 2.73. The van der Waals surface area contributed by atoms with Gasteiger partial charge in [-0.2, -0.15) is 0 Å². The standard InChI is InChI=1S/C11H10NS/c1-2-4-10(5-3-1)6-7-11-8-13-9-12-11/h1-5,8H,6-7H2. The molecule has 1 aromatic carbocycles. The zero-order chi connectivity index (χ0) is 8.93. The second-order valence-electron chi connectivity index (χ2n) is 2.92. The number of hydrogen-bond donors (Lipinski definition) is 0. The Bertz CT molecular complexity index is 340. The summed E-state index contributed by atoms with van der Waals surface area (Å²) in [7, 11) is 0. The van der Waals surface area contributed by atoms with Crippen LogP contribution in [-0.2, 0) is 12.8 Å². The molecule has 0 amide bonds. The predicted molar refractivity (Wildman–Crippen MR) is 54.8 cm³/mol. The van der Waals surface area contributed by atoms with Crippen LogP contribution in [0.25, 0.3) is 0 Å². The first-order chi connectivity index (χ1) is 6.45. The van der Waals surface area contributed by atoms with E-state index in [9.17, 15) is 0 Å². The van der Waals surface area contributed by atoms with E-state index < -0.39 is 0 Å². The van der Waals surface area contributed by atoms with Crippen LogP contribution in [0.5, 0.6) is 0 Å². The monoisotopic (exact) mass is 188 g/mol. The van der Waals surface area contributed by atoms with Gasteiger partial charge in [-0.25, -0.2) is 4.98 Å². The molecule has 0 aliphatic rings. The Hall–Kier alpha value is -1.15. The maximum absolute atomic E-state index is 4.12. The average Bonchev–Trinajstić information content (AvgIpc) is 2.69. The molecule has 1 radical (unpaired) electrons. The Morgan fingerprint density at radius 2 is 2.00 bits per heavy atom. The van der Waals surface area contributed by atoms with E-state index in [-0.39, 0.29) is 0 Å². The molecular formula is C11H10NS. The van der Waals surface area contributed by atoms with Crippen LogP contribution >= 0.6 is 11.3 Å². The summed E-state index contributed by atoms with van der Waals surface area (Å²) in [6.45, 7) is 0. The van der Waals surface area contributed by atoms with Gasteiger partial charge in [0.25, 0.3) is 0 Å². The maximum Gasteiger partial charge on any atom is 0.152 e. The van der Waals surface area contributed by atoms with Gasteiger partial charge in [-0.05, 0) is 18.4 Å². The first kappa shape index (κ1) is 8.45. The van der Waals surface area contributed by atoms with Gasteiger partial charge < -0.3 is 0 Å². The lowest BCUT2D eigenvalue weighted by Gasteiger charge is -1.97. The summed E-state index contributed by atoms with van der Waals surface area (Å²) in [5.41, 5.74) is 5.38. The summed E-state index contributed by atoms with van der Waals surface area (Å²) in [6, 6.07) is 10.5.